The molecule has 0 saturated heterocycles. The van der Waals surface area contributed by atoms with E-state index in [9.17, 15) is 10.1 Å². The van der Waals surface area contributed by atoms with E-state index in [-0.39, 0.29) is 11.8 Å². The molecule has 0 aliphatic carbocycles. The number of fused-ring (bicyclic) bond motifs is 1. The van der Waals surface area contributed by atoms with E-state index in [1.165, 1.54) is 0 Å². The van der Waals surface area contributed by atoms with Crippen LogP contribution in [0.5, 0.6) is 0 Å². The van der Waals surface area contributed by atoms with Gasteiger partial charge in [-0.2, -0.15) is 5.26 Å². The second-order valence-electron chi connectivity index (χ2n) is 5.26. The zero-order valence-corrected chi connectivity index (χ0v) is 12.7. The topological polar surface area (TPSA) is 92.2 Å². The van der Waals surface area contributed by atoms with Gasteiger partial charge in [0.05, 0.1) is 17.7 Å². The molecular formula is C17H16N4O2. The van der Waals surface area contributed by atoms with Crippen LogP contribution in [0.4, 0.5) is 11.5 Å². The zero-order chi connectivity index (χ0) is 16.4. The average molecular weight is 308 g/mol. The first-order chi connectivity index (χ1) is 11.1. The molecule has 0 fully saturated rings. The lowest BCUT2D eigenvalue weighted by molar-refractivity contribution is 0.0526. The molecule has 0 radical (unpaired) electrons. The fourth-order valence-electron chi connectivity index (χ4n) is 2.70. The number of esters is 1. The Labute approximate surface area is 134 Å². The van der Waals surface area contributed by atoms with E-state index >= 15 is 0 Å². The van der Waals surface area contributed by atoms with Crippen molar-refractivity contribution in [3.05, 3.63) is 52.7 Å². The molecular weight excluding hydrogens is 292 g/mol. The minimum atomic E-state index is -0.326. The lowest BCUT2D eigenvalue weighted by Gasteiger charge is -2.17. The Bertz CT molecular complexity index is 793. The normalized spacial score (nSPS) is 12.6. The lowest BCUT2D eigenvalue weighted by atomic mass is 10.1. The summed E-state index contributed by atoms with van der Waals surface area (Å²) in [7, 11) is 0. The summed E-state index contributed by atoms with van der Waals surface area (Å²) in [6.07, 6.45) is 1.72. The maximum atomic E-state index is 11.7. The average Bonchev–Trinajstić information content (AvgIpc) is 2.99. The van der Waals surface area contributed by atoms with E-state index in [4.69, 9.17) is 10.5 Å². The number of anilines is 2. The quantitative estimate of drug-likeness (QED) is 0.874. The Morgan fingerprint density at radius 2 is 2.13 bits per heavy atom. The number of hydrogen-bond donors (Lipinski definition) is 1. The molecule has 2 heterocycles. The monoisotopic (exact) mass is 308 g/mol. The number of hydrogen-bond acceptors (Lipinski definition) is 6. The number of carbonyl (C=O) groups is 1. The fraction of sp³-hybridized carbons (Fsp3) is 0.235. The highest BCUT2D eigenvalue weighted by atomic mass is 16.5. The van der Waals surface area contributed by atoms with Crippen LogP contribution in [0.2, 0.25) is 0 Å². The van der Waals surface area contributed by atoms with Crippen LogP contribution in [-0.4, -0.2) is 17.6 Å². The Kier molecular flexibility index (Phi) is 3.85. The largest absolute Gasteiger partial charge is 0.462 e. The first kappa shape index (κ1) is 14.9. The van der Waals surface area contributed by atoms with Gasteiger partial charge in [0.15, 0.2) is 0 Å². The second-order valence-corrected chi connectivity index (χ2v) is 5.26. The number of carbonyl (C=O) groups excluding carboxylic acids is 1. The molecule has 0 spiro atoms. The fourth-order valence-corrected chi connectivity index (χ4v) is 2.70. The predicted molar refractivity (Wildman–Crippen MR) is 85.6 cm³/mol. The van der Waals surface area contributed by atoms with Crippen molar-refractivity contribution >= 4 is 17.5 Å². The highest BCUT2D eigenvalue weighted by Crippen LogP contribution is 2.31. The van der Waals surface area contributed by atoms with Crippen LogP contribution in [0, 0.1) is 11.3 Å². The van der Waals surface area contributed by atoms with Gasteiger partial charge in [0.1, 0.15) is 11.9 Å². The van der Waals surface area contributed by atoms with Gasteiger partial charge in [0.25, 0.3) is 0 Å². The SMILES string of the molecule is CCOC(=O)c1ccc(N2Cc3cnc(N)c(C#N)c3C2)cc1. The zero-order valence-electron chi connectivity index (χ0n) is 12.7. The summed E-state index contributed by atoms with van der Waals surface area (Å²) in [5, 5.41) is 9.25. The van der Waals surface area contributed by atoms with E-state index < -0.39 is 0 Å². The molecule has 2 aromatic rings. The summed E-state index contributed by atoms with van der Waals surface area (Å²) < 4.78 is 4.98. The number of nitrogens with zero attached hydrogens (tertiary/aromatic N) is 3. The van der Waals surface area contributed by atoms with Gasteiger partial charge in [-0.3, -0.25) is 0 Å². The molecule has 0 atom stereocenters. The number of nitrogens with two attached hydrogens (primary N) is 1. The third-order valence-corrected chi connectivity index (χ3v) is 3.87. The maximum absolute atomic E-state index is 11.7. The van der Waals surface area contributed by atoms with E-state index in [1.54, 1.807) is 25.3 Å². The van der Waals surface area contributed by atoms with Gasteiger partial charge in [-0.15, -0.1) is 0 Å². The van der Waals surface area contributed by atoms with Crippen molar-refractivity contribution in [3.63, 3.8) is 0 Å². The lowest BCUT2D eigenvalue weighted by Crippen LogP contribution is -2.15. The van der Waals surface area contributed by atoms with Crippen molar-refractivity contribution in [2.24, 2.45) is 0 Å². The number of ether oxygens (including phenoxy) is 1. The van der Waals surface area contributed by atoms with Crippen molar-refractivity contribution in [1.29, 1.82) is 5.26 Å². The van der Waals surface area contributed by atoms with Gasteiger partial charge in [0.2, 0.25) is 0 Å². The smallest absolute Gasteiger partial charge is 0.338 e. The molecule has 116 valence electrons. The number of nitrogen functional groups attached to an aromatic ring is 1. The molecule has 0 saturated carbocycles. The molecule has 1 aliphatic heterocycles. The van der Waals surface area contributed by atoms with Crippen molar-refractivity contribution in [1.82, 2.24) is 4.98 Å². The standard InChI is InChI=1S/C17H16N4O2/c1-2-23-17(22)11-3-5-13(6-4-11)21-9-12-8-20-16(19)14(7-18)15(12)10-21/h3-6,8H,2,9-10H2,1H3,(H2,19,20). The highest BCUT2D eigenvalue weighted by Gasteiger charge is 2.24. The molecule has 0 unspecified atom stereocenters. The van der Waals surface area contributed by atoms with Gasteiger partial charge >= 0.3 is 5.97 Å². The number of rotatable bonds is 3. The van der Waals surface area contributed by atoms with Gasteiger partial charge in [0, 0.05) is 25.0 Å². The predicted octanol–water partition coefficient (Wildman–Crippen LogP) is 2.23. The van der Waals surface area contributed by atoms with Crippen LogP contribution in [0.1, 0.15) is 34.0 Å². The van der Waals surface area contributed by atoms with Gasteiger partial charge in [-0.05, 0) is 42.3 Å². The van der Waals surface area contributed by atoms with Crippen LogP contribution in [0.25, 0.3) is 0 Å². The van der Waals surface area contributed by atoms with Crippen LogP contribution in [-0.2, 0) is 17.8 Å². The Morgan fingerprint density at radius 1 is 1.39 bits per heavy atom. The summed E-state index contributed by atoms with van der Waals surface area (Å²) in [4.78, 5) is 17.9. The first-order valence-electron chi connectivity index (χ1n) is 7.32. The molecule has 6 heteroatoms. The molecule has 0 bridgehead atoms. The maximum Gasteiger partial charge on any atom is 0.338 e. The van der Waals surface area contributed by atoms with Gasteiger partial charge in [-0.1, -0.05) is 0 Å². The number of benzene rings is 1. The minimum absolute atomic E-state index is 0.269. The summed E-state index contributed by atoms with van der Waals surface area (Å²) in [6, 6.07) is 9.37. The summed E-state index contributed by atoms with van der Waals surface area (Å²) >= 11 is 0. The number of aromatic nitrogens is 1. The summed E-state index contributed by atoms with van der Waals surface area (Å²) in [5.41, 5.74) is 9.64. The van der Waals surface area contributed by atoms with Gasteiger partial charge in [-0.25, -0.2) is 9.78 Å². The van der Waals surface area contributed by atoms with E-state index in [0.29, 0.717) is 30.8 Å². The van der Waals surface area contributed by atoms with Crippen LogP contribution < -0.4 is 10.6 Å². The molecule has 3 rings (SSSR count). The van der Waals surface area contributed by atoms with E-state index in [0.717, 1.165) is 16.8 Å². The van der Waals surface area contributed by atoms with Crippen molar-refractivity contribution in [3.8, 4) is 6.07 Å². The Balaban J connectivity index is 1.83. The molecule has 1 aromatic heterocycles. The Hall–Kier alpha value is -3.07. The molecule has 1 aromatic carbocycles. The van der Waals surface area contributed by atoms with Crippen LogP contribution in [0.15, 0.2) is 30.5 Å². The third kappa shape index (κ3) is 2.69. The summed E-state index contributed by atoms with van der Waals surface area (Å²) in [6.45, 7) is 3.40. The van der Waals surface area contributed by atoms with Crippen LogP contribution >= 0.6 is 0 Å². The van der Waals surface area contributed by atoms with Gasteiger partial charge < -0.3 is 15.4 Å². The van der Waals surface area contributed by atoms with Crippen molar-refractivity contribution < 1.29 is 9.53 Å². The molecule has 0 amide bonds. The first-order valence-corrected chi connectivity index (χ1v) is 7.32. The molecule has 6 nitrogen and oxygen atoms in total. The van der Waals surface area contributed by atoms with Crippen LogP contribution in [0.3, 0.4) is 0 Å². The molecule has 23 heavy (non-hydrogen) atoms. The van der Waals surface area contributed by atoms with E-state index in [1.807, 2.05) is 12.1 Å². The number of nitriles is 1. The highest BCUT2D eigenvalue weighted by molar-refractivity contribution is 5.89. The summed E-state index contributed by atoms with van der Waals surface area (Å²) in [5.74, 6) is -0.0572. The molecule has 1 aliphatic rings. The van der Waals surface area contributed by atoms with Crippen molar-refractivity contribution in [2.45, 2.75) is 20.0 Å². The third-order valence-electron chi connectivity index (χ3n) is 3.87. The Morgan fingerprint density at radius 3 is 2.78 bits per heavy atom. The molecule has 2 N–H and O–H groups in total. The minimum Gasteiger partial charge on any atom is -0.462 e. The van der Waals surface area contributed by atoms with Crippen molar-refractivity contribution in [2.75, 3.05) is 17.2 Å². The van der Waals surface area contributed by atoms with E-state index in [2.05, 4.69) is 16.0 Å². The second kappa shape index (κ2) is 5.97. The number of pyridine rings is 1.